The third kappa shape index (κ3) is 3.86. The molecule has 0 spiro atoms. The van der Waals surface area contributed by atoms with Gasteiger partial charge in [-0.2, -0.15) is 0 Å². The Hall–Kier alpha value is -3.48. The Morgan fingerprint density at radius 3 is 2.13 bits per heavy atom. The van der Waals surface area contributed by atoms with Crippen molar-refractivity contribution in [1.29, 1.82) is 0 Å². The van der Waals surface area contributed by atoms with Gasteiger partial charge >= 0.3 is 0 Å². The molecule has 0 radical (unpaired) electrons. The molecule has 0 saturated heterocycles. The predicted octanol–water partition coefficient (Wildman–Crippen LogP) is 7.17. The number of benzene rings is 2. The lowest BCUT2D eigenvalue weighted by Gasteiger charge is -2.33. The number of likely N-dealkylation sites (N-methyl/N-ethyl adjacent to an activating group) is 1. The molecule has 1 fully saturated rings. The first kappa shape index (κ1) is 24.8. The van der Waals surface area contributed by atoms with E-state index in [9.17, 15) is 9.59 Å². The molecule has 1 unspecified atom stereocenters. The second-order valence-electron chi connectivity index (χ2n) is 10.8. The third-order valence-electron chi connectivity index (χ3n) is 7.94. The zero-order valence-corrected chi connectivity index (χ0v) is 23.8. The molecule has 4 nitrogen and oxygen atoms in total. The van der Waals surface area contributed by atoms with E-state index in [4.69, 9.17) is 0 Å². The van der Waals surface area contributed by atoms with Crippen LogP contribution in [0.15, 0.2) is 84.4 Å². The Morgan fingerprint density at radius 1 is 0.816 bits per heavy atom. The van der Waals surface area contributed by atoms with Gasteiger partial charge < -0.3 is 9.80 Å². The van der Waals surface area contributed by atoms with Crippen LogP contribution in [-0.4, -0.2) is 38.8 Å². The van der Waals surface area contributed by atoms with Gasteiger partial charge in [-0.25, -0.2) is 0 Å². The van der Waals surface area contributed by atoms with Crippen molar-refractivity contribution < 1.29 is 9.59 Å². The first-order valence-corrected chi connectivity index (χ1v) is 14.4. The van der Waals surface area contributed by atoms with E-state index < -0.39 is 5.92 Å². The fourth-order valence-corrected chi connectivity index (χ4v) is 7.89. The van der Waals surface area contributed by atoms with Crippen molar-refractivity contribution in [1.82, 2.24) is 0 Å². The van der Waals surface area contributed by atoms with Crippen LogP contribution in [-0.2, 0) is 15.0 Å². The van der Waals surface area contributed by atoms with Crippen LogP contribution in [0.4, 0.5) is 11.4 Å². The molecule has 1 saturated carbocycles. The van der Waals surface area contributed by atoms with Gasteiger partial charge in [0.2, 0.25) is 0 Å². The van der Waals surface area contributed by atoms with Crippen LogP contribution in [0.1, 0.15) is 30.2 Å². The van der Waals surface area contributed by atoms with Gasteiger partial charge in [0.15, 0.2) is 11.6 Å². The van der Waals surface area contributed by atoms with Crippen molar-refractivity contribution in [3.8, 4) is 20.2 Å². The first-order chi connectivity index (χ1) is 18.2. The molecule has 3 heterocycles. The molecular formula is C32H30N2O2S2. The summed E-state index contributed by atoms with van der Waals surface area (Å²) in [6, 6.07) is 25.1. The van der Waals surface area contributed by atoms with E-state index in [0.29, 0.717) is 5.57 Å². The maximum atomic E-state index is 13.3. The van der Waals surface area contributed by atoms with E-state index >= 15 is 0 Å². The van der Waals surface area contributed by atoms with Crippen LogP contribution < -0.4 is 9.80 Å². The highest BCUT2D eigenvalue weighted by molar-refractivity contribution is 7.24. The summed E-state index contributed by atoms with van der Waals surface area (Å²) in [4.78, 5) is 35.1. The number of carbonyl (C=O) groups is 2. The van der Waals surface area contributed by atoms with Gasteiger partial charge in [0, 0.05) is 57.4 Å². The highest BCUT2D eigenvalue weighted by atomic mass is 32.1. The van der Waals surface area contributed by atoms with Crippen molar-refractivity contribution in [3.63, 3.8) is 0 Å². The van der Waals surface area contributed by atoms with Crippen LogP contribution >= 0.6 is 22.7 Å². The number of hydrogen-bond donors (Lipinski definition) is 0. The van der Waals surface area contributed by atoms with Crippen molar-refractivity contribution >= 4 is 45.6 Å². The van der Waals surface area contributed by atoms with E-state index in [1.165, 1.54) is 21.7 Å². The minimum Gasteiger partial charge on any atom is -0.378 e. The standard InChI is InChI=1S/C32H30N2O2S2/c1-32(2)22-8-6-7-9-23(22)34(5)28(32)18-21-30(35)29(31(21)36)27-17-16-26(38-27)25-15-14-24(37-25)19-10-12-20(13-11-19)33(3)4/h6-18,28-29H,1-5H3. The fourth-order valence-electron chi connectivity index (χ4n) is 5.68. The summed E-state index contributed by atoms with van der Waals surface area (Å²) in [7, 11) is 6.11. The molecule has 0 bridgehead atoms. The first-order valence-electron chi connectivity index (χ1n) is 12.8. The van der Waals surface area contributed by atoms with Crippen molar-refractivity contribution in [3.05, 3.63) is 94.9 Å². The lowest BCUT2D eigenvalue weighted by molar-refractivity contribution is -0.133. The van der Waals surface area contributed by atoms with Crippen LogP contribution in [0, 0.1) is 0 Å². The average Bonchev–Trinajstić information content (AvgIpc) is 3.62. The molecule has 4 aromatic rings. The van der Waals surface area contributed by atoms with Gasteiger partial charge in [-0.1, -0.05) is 44.2 Å². The summed E-state index contributed by atoms with van der Waals surface area (Å²) >= 11 is 3.28. The molecule has 0 amide bonds. The number of ketones is 2. The average molecular weight is 539 g/mol. The summed E-state index contributed by atoms with van der Waals surface area (Å²) < 4.78 is 0. The van der Waals surface area contributed by atoms with Crippen LogP contribution in [0.3, 0.4) is 0 Å². The zero-order chi connectivity index (χ0) is 26.8. The van der Waals surface area contributed by atoms with Crippen molar-refractivity contribution in [2.45, 2.75) is 31.2 Å². The molecule has 1 aliphatic heterocycles. The Bertz CT molecular complexity index is 1570. The van der Waals surface area contributed by atoms with Gasteiger partial charge in [-0.05, 0) is 59.7 Å². The number of anilines is 2. The number of rotatable bonds is 5. The zero-order valence-electron chi connectivity index (χ0n) is 22.2. The highest BCUT2D eigenvalue weighted by Crippen LogP contribution is 2.47. The third-order valence-corrected chi connectivity index (χ3v) is 10.4. The molecule has 6 heteroatoms. The number of allylic oxidation sites excluding steroid dienone is 1. The molecule has 192 valence electrons. The number of nitrogens with zero attached hydrogens (tertiary/aromatic N) is 2. The quantitative estimate of drug-likeness (QED) is 0.153. The molecule has 1 aliphatic carbocycles. The normalized spacial score (nSPS) is 19.9. The lowest BCUT2D eigenvalue weighted by Crippen LogP contribution is -2.43. The number of hydrogen-bond acceptors (Lipinski definition) is 6. The van der Waals surface area contributed by atoms with Crippen molar-refractivity contribution in [2.75, 3.05) is 30.9 Å². The minimum atomic E-state index is -0.671. The molecule has 2 aromatic heterocycles. The second-order valence-corrected chi connectivity index (χ2v) is 13.0. The van der Waals surface area contributed by atoms with Crippen LogP contribution in [0.25, 0.3) is 20.2 Å². The Morgan fingerprint density at radius 2 is 1.45 bits per heavy atom. The monoisotopic (exact) mass is 538 g/mol. The maximum absolute atomic E-state index is 13.3. The van der Waals surface area contributed by atoms with Gasteiger partial charge in [-0.3, -0.25) is 9.59 Å². The van der Waals surface area contributed by atoms with Gasteiger partial charge in [0.05, 0.1) is 11.6 Å². The van der Waals surface area contributed by atoms with Gasteiger partial charge in [0.25, 0.3) is 0 Å². The number of Topliss-reactive ketones (excluding diaryl/α,β-unsaturated/α-hetero) is 2. The van der Waals surface area contributed by atoms with Gasteiger partial charge in [0.1, 0.15) is 5.92 Å². The van der Waals surface area contributed by atoms with E-state index in [-0.39, 0.29) is 23.0 Å². The Kier molecular flexibility index (Phi) is 5.93. The van der Waals surface area contributed by atoms with E-state index in [1.54, 1.807) is 22.7 Å². The molecule has 2 aromatic carbocycles. The number of para-hydroxylation sites is 1. The highest BCUT2D eigenvalue weighted by Gasteiger charge is 2.49. The number of fused-ring (bicyclic) bond motifs is 1. The van der Waals surface area contributed by atoms with Crippen LogP contribution in [0.2, 0.25) is 0 Å². The number of thiophene rings is 2. The summed E-state index contributed by atoms with van der Waals surface area (Å²) in [6.45, 7) is 4.36. The Labute approximate surface area is 231 Å². The molecule has 38 heavy (non-hydrogen) atoms. The summed E-state index contributed by atoms with van der Waals surface area (Å²) in [6.07, 6.45) is 1.91. The largest absolute Gasteiger partial charge is 0.378 e. The number of carbonyl (C=O) groups excluding carboxylic acids is 2. The topological polar surface area (TPSA) is 40.6 Å². The van der Waals surface area contributed by atoms with Crippen LogP contribution in [0.5, 0.6) is 0 Å². The molecule has 6 rings (SSSR count). The van der Waals surface area contributed by atoms with Gasteiger partial charge in [-0.15, -0.1) is 22.7 Å². The SMILES string of the molecule is CN(C)c1ccc(-c2ccc(-c3ccc(C4C(=O)C(=CC5N(C)c6ccccc6C5(C)C)C4=O)s3)s2)cc1. The van der Waals surface area contributed by atoms with E-state index in [2.05, 4.69) is 72.2 Å². The summed E-state index contributed by atoms with van der Waals surface area (Å²) in [5.74, 6) is -0.789. The lowest BCUT2D eigenvalue weighted by atomic mass is 9.72. The van der Waals surface area contributed by atoms with Crippen molar-refractivity contribution in [2.24, 2.45) is 0 Å². The van der Waals surface area contributed by atoms with E-state index in [1.807, 2.05) is 51.5 Å². The molecular weight excluding hydrogens is 508 g/mol. The second kappa shape index (κ2) is 9.07. The molecule has 2 aliphatic rings. The fraction of sp³-hybridized carbons (Fsp3) is 0.250. The van der Waals surface area contributed by atoms with E-state index in [0.717, 1.165) is 20.3 Å². The predicted molar refractivity (Wildman–Crippen MR) is 160 cm³/mol. The minimum absolute atomic E-state index is 0.0426. The maximum Gasteiger partial charge on any atom is 0.182 e. The molecule has 0 N–H and O–H groups in total. The molecule has 1 atom stereocenters. The summed E-state index contributed by atoms with van der Waals surface area (Å²) in [5.41, 5.74) is 4.91. The smallest absolute Gasteiger partial charge is 0.182 e. The Balaban J connectivity index is 1.21. The summed E-state index contributed by atoms with van der Waals surface area (Å²) in [5, 5.41) is 0.